The Labute approximate surface area is 272 Å². The van der Waals surface area contributed by atoms with Gasteiger partial charge in [-0.15, -0.1) is 0 Å². The highest BCUT2D eigenvalue weighted by Crippen LogP contribution is 2.30. The number of nitrogens with zero attached hydrogens (tertiary/aromatic N) is 1. The van der Waals surface area contributed by atoms with Gasteiger partial charge in [-0.25, -0.2) is 0 Å². The van der Waals surface area contributed by atoms with Gasteiger partial charge in [-0.05, 0) is 67.0 Å². The first kappa shape index (κ1) is 32.7. The molecular weight excluding hydrogens is 584 g/mol. The first-order valence-corrected chi connectivity index (χ1v) is 16.8. The number of hydrogen-bond donors (Lipinski definition) is 3. The van der Waals surface area contributed by atoms with Gasteiger partial charge >= 0.3 is 0 Å². The third kappa shape index (κ3) is 9.65. The summed E-state index contributed by atoms with van der Waals surface area (Å²) in [7, 11) is 0. The number of carbonyl (C=O) groups excluding carboxylic acids is 3. The van der Waals surface area contributed by atoms with Crippen LogP contribution in [0.25, 0.3) is 6.08 Å². The van der Waals surface area contributed by atoms with Crippen LogP contribution in [0.5, 0.6) is 0 Å². The molecule has 0 aromatic heterocycles. The minimum Gasteiger partial charge on any atom is -0.354 e. The first-order chi connectivity index (χ1) is 22.0. The van der Waals surface area contributed by atoms with Crippen molar-refractivity contribution in [3.8, 4) is 0 Å². The van der Waals surface area contributed by atoms with Crippen molar-refractivity contribution in [3.05, 3.63) is 101 Å². The van der Waals surface area contributed by atoms with E-state index in [0.29, 0.717) is 31.1 Å². The van der Waals surface area contributed by atoms with Crippen LogP contribution in [-0.4, -0.2) is 60.9 Å². The van der Waals surface area contributed by atoms with Gasteiger partial charge in [0.2, 0.25) is 17.7 Å². The van der Waals surface area contributed by atoms with Crippen molar-refractivity contribution in [2.75, 3.05) is 26.2 Å². The van der Waals surface area contributed by atoms with E-state index in [9.17, 15) is 14.4 Å². The summed E-state index contributed by atoms with van der Waals surface area (Å²) < 4.78 is 0. The average molecular weight is 629 g/mol. The summed E-state index contributed by atoms with van der Waals surface area (Å²) in [5, 5.41) is 10.2. The van der Waals surface area contributed by atoms with Crippen LogP contribution in [0.15, 0.2) is 84.5 Å². The van der Waals surface area contributed by atoms with Gasteiger partial charge in [0.25, 0.3) is 0 Å². The Balaban J connectivity index is 1.28. The molecule has 2 fully saturated rings. The lowest BCUT2D eigenvalue weighted by Crippen LogP contribution is -2.54. The molecule has 5 rings (SSSR count). The van der Waals surface area contributed by atoms with Gasteiger partial charge in [0.15, 0.2) is 0 Å². The molecule has 2 aliphatic carbocycles. The summed E-state index contributed by atoms with van der Waals surface area (Å²) >= 11 is 5.97. The van der Waals surface area contributed by atoms with E-state index < -0.39 is 6.04 Å². The molecule has 1 heterocycles. The van der Waals surface area contributed by atoms with Gasteiger partial charge < -0.3 is 15.5 Å². The second kappa shape index (κ2) is 16.6. The SMILES string of the molecule is O=C(/C=C/c1ccc(Cl)cc1)NC[C@@H]1CCN(CC(C2=CCCC=C2)c2ccccc2)C(=O)[C@H](CNC(=O)C2CCCCC2)N1. The molecule has 8 heteroatoms. The monoisotopic (exact) mass is 628 g/mol. The molecule has 1 saturated carbocycles. The predicted octanol–water partition coefficient (Wildman–Crippen LogP) is 5.79. The quantitative estimate of drug-likeness (QED) is 0.275. The second-order valence-electron chi connectivity index (χ2n) is 12.3. The number of nitrogens with one attached hydrogen (secondary N) is 3. The van der Waals surface area contributed by atoms with Crippen molar-refractivity contribution < 1.29 is 14.4 Å². The zero-order valence-electron chi connectivity index (χ0n) is 25.9. The van der Waals surface area contributed by atoms with Crippen LogP contribution >= 0.6 is 11.6 Å². The van der Waals surface area contributed by atoms with Crippen LogP contribution in [-0.2, 0) is 14.4 Å². The summed E-state index contributed by atoms with van der Waals surface area (Å²) in [4.78, 5) is 41.8. The van der Waals surface area contributed by atoms with Gasteiger partial charge in [0.05, 0.1) is 0 Å². The minimum absolute atomic E-state index is 0.0169. The molecule has 3 amide bonds. The van der Waals surface area contributed by atoms with E-state index in [-0.39, 0.29) is 42.1 Å². The zero-order chi connectivity index (χ0) is 31.4. The fraction of sp³-hybridized carbons (Fsp3) is 0.432. The maximum absolute atomic E-state index is 14.1. The van der Waals surface area contributed by atoms with E-state index in [1.807, 2.05) is 35.2 Å². The lowest BCUT2D eigenvalue weighted by Gasteiger charge is -2.30. The highest BCUT2D eigenvalue weighted by Gasteiger charge is 2.34. The average Bonchev–Trinajstić information content (AvgIpc) is 3.23. The van der Waals surface area contributed by atoms with Crippen LogP contribution in [0.1, 0.15) is 68.4 Å². The van der Waals surface area contributed by atoms with E-state index >= 15 is 0 Å². The largest absolute Gasteiger partial charge is 0.354 e. The minimum atomic E-state index is -0.584. The topological polar surface area (TPSA) is 90.5 Å². The Kier molecular flexibility index (Phi) is 12.0. The summed E-state index contributed by atoms with van der Waals surface area (Å²) in [6.07, 6.45) is 17.8. The maximum atomic E-state index is 14.1. The molecule has 0 bridgehead atoms. The number of halogens is 1. The van der Waals surface area contributed by atoms with Crippen molar-refractivity contribution in [3.63, 3.8) is 0 Å². The van der Waals surface area contributed by atoms with E-state index in [0.717, 1.165) is 44.1 Å². The van der Waals surface area contributed by atoms with E-state index in [2.05, 4.69) is 46.3 Å². The third-order valence-electron chi connectivity index (χ3n) is 9.10. The van der Waals surface area contributed by atoms with Crippen molar-refractivity contribution in [1.82, 2.24) is 20.9 Å². The second-order valence-corrected chi connectivity index (χ2v) is 12.8. The smallest absolute Gasteiger partial charge is 0.244 e. The summed E-state index contributed by atoms with van der Waals surface area (Å²) in [6.45, 7) is 1.70. The lowest BCUT2D eigenvalue weighted by atomic mass is 9.87. The summed E-state index contributed by atoms with van der Waals surface area (Å²) in [5.74, 6) is -0.112. The number of benzene rings is 2. The van der Waals surface area contributed by atoms with Crippen LogP contribution in [0.3, 0.4) is 0 Å². The third-order valence-corrected chi connectivity index (χ3v) is 9.35. The van der Waals surface area contributed by atoms with Crippen LogP contribution in [0, 0.1) is 5.92 Å². The molecule has 3 atom stereocenters. The lowest BCUT2D eigenvalue weighted by molar-refractivity contribution is -0.133. The Morgan fingerprint density at radius 2 is 1.73 bits per heavy atom. The number of allylic oxidation sites excluding steroid dienone is 3. The molecule has 2 aromatic carbocycles. The van der Waals surface area contributed by atoms with Crippen molar-refractivity contribution in [2.24, 2.45) is 5.92 Å². The molecule has 1 unspecified atom stereocenters. The number of hydrogen-bond acceptors (Lipinski definition) is 4. The molecule has 3 N–H and O–H groups in total. The molecule has 7 nitrogen and oxygen atoms in total. The van der Waals surface area contributed by atoms with Gasteiger partial charge in [0, 0.05) is 55.2 Å². The summed E-state index contributed by atoms with van der Waals surface area (Å²) in [5.41, 5.74) is 3.29. The fourth-order valence-electron chi connectivity index (χ4n) is 6.51. The Hall–Kier alpha value is -3.68. The van der Waals surface area contributed by atoms with Crippen molar-refractivity contribution >= 4 is 35.4 Å². The fourth-order valence-corrected chi connectivity index (χ4v) is 6.64. The highest BCUT2D eigenvalue weighted by atomic mass is 35.5. The van der Waals surface area contributed by atoms with Crippen LogP contribution < -0.4 is 16.0 Å². The Bertz CT molecular complexity index is 1380. The van der Waals surface area contributed by atoms with E-state index in [4.69, 9.17) is 11.6 Å². The van der Waals surface area contributed by atoms with Gasteiger partial charge in [0.1, 0.15) is 6.04 Å². The highest BCUT2D eigenvalue weighted by molar-refractivity contribution is 6.30. The van der Waals surface area contributed by atoms with E-state index in [1.54, 1.807) is 18.2 Å². The molecule has 0 spiro atoms. The molecule has 0 radical (unpaired) electrons. The molecule has 1 aliphatic heterocycles. The van der Waals surface area contributed by atoms with Crippen molar-refractivity contribution in [1.29, 1.82) is 0 Å². The Morgan fingerprint density at radius 1 is 0.956 bits per heavy atom. The Morgan fingerprint density at radius 3 is 2.47 bits per heavy atom. The first-order valence-electron chi connectivity index (χ1n) is 16.4. The normalized spacial score (nSPS) is 21.7. The maximum Gasteiger partial charge on any atom is 0.244 e. The number of amides is 3. The van der Waals surface area contributed by atoms with Gasteiger partial charge in [-0.1, -0.05) is 91.6 Å². The van der Waals surface area contributed by atoms with Gasteiger partial charge in [-0.2, -0.15) is 0 Å². The standard InChI is InChI=1S/C37H45ClN4O3/c38-31-19-16-27(17-20-31)18-21-35(43)39-24-32-22-23-42(26-33(28-10-4-1-5-11-28)29-12-6-2-7-13-29)37(45)34(41-32)25-40-36(44)30-14-8-3-9-15-30/h1,4-6,10-13,16-21,30,32-34,41H,2-3,7-9,14-15,22-26H2,(H,39,43)(H,40,44)/b21-18+/t32-,33?,34-/m0/s1. The molecular formula is C37H45ClN4O3. The van der Waals surface area contributed by atoms with E-state index in [1.165, 1.54) is 23.6 Å². The molecule has 2 aromatic rings. The van der Waals surface area contributed by atoms with Gasteiger partial charge in [-0.3, -0.25) is 19.7 Å². The molecule has 45 heavy (non-hydrogen) atoms. The number of carbonyl (C=O) groups is 3. The number of rotatable bonds is 11. The summed E-state index contributed by atoms with van der Waals surface area (Å²) in [6, 6.07) is 16.9. The molecule has 3 aliphatic rings. The van der Waals surface area contributed by atoms with Crippen LogP contribution in [0.4, 0.5) is 0 Å². The predicted molar refractivity (Wildman–Crippen MR) is 181 cm³/mol. The zero-order valence-corrected chi connectivity index (χ0v) is 26.7. The van der Waals surface area contributed by atoms with Crippen LogP contribution in [0.2, 0.25) is 5.02 Å². The molecule has 1 saturated heterocycles. The van der Waals surface area contributed by atoms with Crippen molar-refractivity contribution in [2.45, 2.75) is 69.4 Å². The molecule has 238 valence electrons.